The maximum atomic E-state index is 8.98. The minimum Gasteiger partial charge on any atom is -0.357 e. The van der Waals surface area contributed by atoms with Crippen LogP contribution in [-0.4, -0.2) is 36.6 Å². The van der Waals surface area contributed by atoms with Crippen molar-refractivity contribution in [2.45, 2.75) is 12.8 Å². The third kappa shape index (κ3) is 2.92. The van der Waals surface area contributed by atoms with Gasteiger partial charge in [-0.2, -0.15) is 5.26 Å². The maximum absolute atomic E-state index is 8.98. The van der Waals surface area contributed by atoms with Gasteiger partial charge in [0.2, 0.25) is 0 Å². The molecule has 0 amide bonds. The number of piperidine rings is 1. The zero-order chi connectivity index (χ0) is 12.1. The van der Waals surface area contributed by atoms with Crippen LogP contribution >= 0.6 is 0 Å². The Bertz CT molecular complexity index is 406. The molecule has 1 aliphatic rings. The van der Waals surface area contributed by atoms with Gasteiger partial charge >= 0.3 is 0 Å². The quantitative estimate of drug-likeness (QED) is 0.833. The summed E-state index contributed by atoms with van der Waals surface area (Å²) in [6, 6.07) is 2.09. The predicted molar refractivity (Wildman–Crippen MR) is 65.6 cm³/mol. The summed E-state index contributed by atoms with van der Waals surface area (Å²) >= 11 is 0. The molecule has 17 heavy (non-hydrogen) atoms. The number of nitrogens with zero attached hydrogens (tertiary/aromatic N) is 4. The van der Waals surface area contributed by atoms with Crippen molar-refractivity contribution < 1.29 is 0 Å². The molecule has 1 N–H and O–H groups in total. The average molecular weight is 231 g/mol. The Morgan fingerprint density at radius 2 is 2.12 bits per heavy atom. The van der Waals surface area contributed by atoms with E-state index in [1.165, 1.54) is 12.8 Å². The minimum absolute atomic E-state index is 0.406. The molecule has 1 aromatic heterocycles. The van der Waals surface area contributed by atoms with E-state index in [1.54, 1.807) is 12.4 Å². The van der Waals surface area contributed by atoms with E-state index in [2.05, 4.69) is 21.4 Å². The molecule has 90 valence electrons. The van der Waals surface area contributed by atoms with E-state index >= 15 is 0 Å². The third-order valence-corrected chi connectivity index (χ3v) is 3.14. The number of hydrogen-bond donors (Lipinski definition) is 1. The number of rotatable bonds is 3. The van der Waals surface area contributed by atoms with Crippen molar-refractivity contribution in [2.75, 3.05) is 31.6 Å². The molecule has 2 rings (SSSR count). The summed E-state index contributed by atoms with van der Waals surface area (Å²) in [6.45, 7) is 3.11. The largest absolute Gasteiger partial charge is 0.357 e. The molecule has 0 atom stereocenters. The van der Waals surface area contributed by atoms with Crippen LogP contribution in [0.3, 0.4) is 0 Å². The van der Waals surface area contributed by atoms with E-state index in [1.807, 2.05) is 11.9 Å². The van der Waals surface area contributed by atoms with Crippen molar-refractivity contribution in [3.05, 3.63) is 18.1 Å². The summed E-state index contributed by atoms with van der Waals surface area (Å²) < 4.78 is 0. The molecule has 0 bridgehead atoms. The maximum Gasteiger partial charge on any atom is 0.183 e. The summed E-state index contributed by atoms with van der Waals surface area (Å²) in [5.74, 6) is 1.36. The lowest BCUT2D eigenvalue weighted by Gasteiger charge is -2.28. The fourth-order valence-electron chi connectivity index (χ4n) is 2.23. The van der Waals surface area contributed by atoms with Gasteiger partial charge in [0.05, 0.1) is 0 Å². The van der Waals surface area contributed by atoms with Crippen molar-refractivity contribution in [3.63, 3.8) is 0 Å². The molecule has 1 aliphatic heterocycles. The van der Waals surface area contributed by atoms with Gasteiger partial charge < -0.3 is 10.2 Å². The zero-order valence-electron chi connectivity index (χ0n) is 10.1. The average Bonchev–Trinajstić information content (AvgIpc) is 2.40. The zero-order valence-corrected chi connectivity index (χ0v) is 10.1. The Morgan fingerprint density at radius 3 is 2.82 bits per heavy atom. The van der Waals surface area contributed by atoms with Crippen LogP contribution in [0.2, 0.25) is 0 Å². The standard InChI is InChI=1S/C12H17N5/c1-17(9-10-2-4-14-5-3-10)12-11(8-13)15-6-7-16-12/h6-7,10,14H,2-5,9H2,1H3. The molecule has 2 heterocycles. The van der Waals surface area contributed by atoms with E-state index in [9.17, 15) is 0 Å². The van der Waals surface area contributed by atoms with Gasteiger partial charge in [0, 0.05) is 26.0 Å². The summed E-state index contributed by atoms with van der Waals surface area (Å²) in [6.07, 6.45) is 5.56. The third-order valence-electron chi connectivity index (χ3n) is 3.14. The summed E-state index contributed by atoms with van der Waals surface area (Å²) in [5, 5.41) is 12.3. The second kappa shape index (κ2) is 5.60. The number of anilines is 1. The first-order valence-corrected chi connectivity index (χ1v) is 5.94. The van der Waals surface area contributed by atoms with Crippen LogP contribution in [0, 0.1) is 17.2 Å². The second-order valence-electron chi connectivity index (χ2n) is 4.41. The fourth-order valence-corrected chi connectivity index (χ4v) is 2.23. The van der Waals surface area contributed by atoms with Gasteiger partial charge in [0.25, 0.3) is 0 Å². The van der Waals surface area contributed by atoms with Gasteiger partial charge in [-0.05, 0) is 31.8 Å². The molecule has 1 fully saturated rings. The molecule has 1 aromatic rings. The number of hydrogen-bond acceptors (Lipinski definition) is 5. The van der Waals surface area contributed by atoms with Crippen molar-refractivity contribution in [3.8, 4) is 6.07 Å². The summed E-state index contributed by atoms with van der Waals surface area (Å²) in [4.78, 5) is 10.3. The minimum atomic E-state index is 0.406. The van der Waals surface area contributed by atoms with E-state index in [4.69, 9.17) is 5.26 Å². The van der Waals surface area contributed by atoms with E-state index in [0.717, 1.165) is 19.6 Å². The molecule has 0 aromatic carbocycles. The van der Waals surface area contributed by atoms with E-state index in [-0.39, 0.29) is 0 Å². The molecular weight excluding hydrogens is 214 g/mol. The van der Waals surface area contributed by atoms with Gasteiger partial charge in [-0.25, -0.2) is 9.97 Å². The summed E-state index contributed by atoms with van der Waals surface area (Å²) in [7, 11) is 1.98. The van der Waals surface area contributed by atoms with E-state index in [0.29, 0.717) is 17.4 Å². The Morgan fingerprint density at radius 1 is 1.41 bits per heavy atom. The molecule has 0 aliphatic carbocycles. The predicted octanol–water partition coefficient (Wildman–Crippen LogP) is 0.784. The lowest BCUT2D eigenvalue weighted by molar-refractivity contribution is 0.377. The van der Waals surface area contributed by atoms with Gasteiger partial charge in [-0.15, -0.1) is 0 Å². The highest BCUT2D eigenvalue weighted by molar-refractivity contribution is 5.48. The van der Waals surface area contributed by atoms with Crippen LogP contribution in [0.25, 0.3) is 0 Å². The van der Waals surface area contributed by atoms with Crippen LogP contribution in [-0.2, 0) is 0 Å². The van der Waals surface area contributed by atoms with Crippen molar-refractivity contribution >= 4 is 5.82 Å². The highest BCUT2D eigenvalue weighted by Gasteiger charge is 2.17. The SMILES string of the molecule is CN(CC1CCNCC1)c1nccnc1C#N. The Hall–Kier alpha value is -1.67. The fraction of sp³-hybridized carbons (Fsp3) is 0.583. The van der Waals surface area contributed by atoms with Crippen LogP contribution in [0.1, 0.15) is 18.5 Å². The van der Waals surface area contributed by atoms with Crippen molar-refractivity contribution in [1.82, 2.24) is 15.3 Å². The molecule has 5 heteroatoms. The Balaban J connectivity index is 2.03. The van der Waals surface area contributed by atoms with Gasteiger partial charge in [0.15, 0.2) is 11.5 Å². The van der Waals surface area contributed by atoms with Gasteiger partial charge in [-0.3, -0.25) is 0 Å². The molecule has 0 radical (unpaired) electrons. The van der Waals surface area contributed by atoms with Gasteiger partial charge in [0.1, 0.15) is 6.07 Å². The Labute approximate surface area is 101 Å². The van der Waals surface area contributed by atoms with Crippen LogP contribution in [0.5, 0.6) is 0 Å². The highest BCUT2D eigenvalue weighted by atomic mass is 15.2. The number of nitriles is 1. The number of aromatic nitrogens is 2. The first kappa shape index (κ1) is 11.8. The molecule has 0 saturated carbocycles. The van der Waals surface area contributed by atoms with Crippen LogP contribution < -0.4 is 10.2 Å². The molecular formula is C12H17N5. The molecule has 5 nitrogen and oxygen atoms in total. The molecule has 0 unspecified atom stereocenters. The summed E-state index contributed by atoms with van der Waals surface area (Å²) in [5.41, 5.74) is 0.406. The van der Waals surface area contributed by atoms with E-state index < -0.39 is 0 Å². The topological polar surface area (TPSA) is 64.8 Å². The smallest absolute Gasteiger partial charge is 0.183 e. The second-order valence-corrected chi connectivity index (χ2v) is 4.41. The molecule has 1 saturated heterocycles. The van der Waals surface area contributed by atoms with Gasteiger partial charge in [-0.1, -0.05) is 0 Å². The van der Waals surface area contributed by atoms with Crippen molar-refractivity contribution in [1.29, 1.82) is 5.26 Å². The first-order valence-electron chi connectivity index (χ1n) is 5.94. The normalized spacial score (nSPS) is 16.5. The number of nitrogens with one attached hydrogen (secondary N) is 1. The van der Waals surface area contributed by atoms with Crippen molar-refractivity contribution in [2.24, 2.45) is 5.92 Å². The van der Waals surface area contributed by atoms with Crippen LogP contribution in [0.15, 0.2) is 12.4 Å². The monoisotopic (exact) mass is 231 g/mol. The molecule has 0 spiro atoms. The Kier molecular flexibility index (Phi) is 3.89. The highest BCUT2D eigenvalue weighted by Crippen LogP contribution is 2.18. The first-order chi connectivity index (χ1) is 8.31. The lowest BCUT2D eigenvalue weighted by atomic mass is 9.98. The lowest BCUT2D eigenvalue weighted by Crippen LogP contribution is -2.35. The van der Waals surface area contributed by atoms with Crippen LogP contribution in [0.4, 0.5) is 5.82 Å².